The molecule has 3 nitrogen and oxygen atoms in total. The molecule has 0 amide bonds. The average molecular weight is 165 g/mol. The molecule has 12 heavy (non-hydrogen) atoms. The van der Waals surface area contributed by atoms with Crippen molar-refractivity contribution in [3.05, 3.63) is 35.9 Å². The van der Waals surface area contributed by atoms with Gasteiger partial charge in [-0.3, -0.25) is 5.73 Å². The van der Waals surface area contributed by atoms with Crippen molar-refractivity contribution >= 4 is 5.97 Å². The molecule has 0 bridgehead atoms. The Morgan fingerprint density at radius 3 is 2.50 bits per heavy atom. The van der Waals surface area contributed by atoms with Gasteiger partial charge in [0.2, 0.25) is 0 Å². The van der Waals surface area contributed by atoms with Crippen molar-refractivity contribution in [1.82, 2.24) is 0 Å². The Morgan fingerprint density at radius 2 is 2.00 bits per heavy atom. The van der Waals surface area contributed by atoms with Gasteiger partial charge in [0, 0.05) is 0 Å². The number of carbonyl (C=O) groups excluding carboxylic acids is 1. The first-order valence-corrected chi connectivity index (χ1v) is 3.72. The molecular weight excluding hydrogens is 154 g/mol. The number of esters is 1. The van der Waals surface area contributed by atoms with Gasteiger partial charge in [0.1, 0.15) is 6.23 Å². The summed E-state index contributed by atoms with van der Waals surface area (Å²) in [6.07, 6.45) is -0.558. The van der Waals surface area contributed by atoms with E-state index in [1.54, 1.807) is 31.2 Å². The Bertz CT molecular complexity index is 256. The lowest BCUT2D eigenvalue weighted by atomic mass is 10.2. The van der Waals surface area contributed by atoms with Gasteiger partial charge in [-0.1, -0.05) is 18.2 Å². The molecule has 64 valence electrons. The van der Waals surface area contributed by atoms with Gasteiger partial charge in [-0.25, -0.2) is 4.79 Å². The van der Waals surface area contributed by atoms with E-state index in [-0.39, 0.29) is 5.97 Å². The van der Waals surface area contributed by atoms with E-state index in [0.717, 1.165) is 0 Å². The minimum absolute atomic E-state index is 0.384. The van der Waals surface area contributed by atoms with Crippen LogP contribution in [-0.2, 0) is 4.74 Å². The van der Waals surface area contributed by atoms with E-state index in [1.165, 1.54) is 0 Å². The van der Waals surface area contributed by atoms with Crippen molar-refractivity contribution in [2.24, 2.45) is 5.73 Å². The third kappa shape index (κ3) is 2.36. The van der Waals surface area contributed by atoms with Crippen LogP contribution in [0.4, 0.5) is 0 Å². The van der Waals surface area contributed by atoms with Crippen molar-refractivity contribution < 1.29 is 9.53 Å². The zero-order valence-corrected chi connectivity index (χ0v) is 6.86. The van der Waals surface area contributed by atoms with Gasteiger partial charge in [-0.15, -0.1) is 0 Å². The number of nitrogens with two attached hydrogens (primary N) is 1. The summed E-state index contributed by atoms with van der Waals surface area (Å²) < 4.78 is 4.78. The number of carbonyl (C=O) groups is 1. The van der Waals surface area contributed by atoms with Crippen LogP contribution in [-0.4, -0.2) is 12.2 Å². The second-order valence-corrected chi connectivity index (χ2v) is 2.48. The van der Waals surface area contributed by atoms with Crippen LogP contribution in [0.2, 0.25) is 0 Å². The fourth-order valence-electron chi connectivity index (χ4n) is 0.811. The standard InChI is InChI=1S/C9H11NO2/c1-7(10)12-9(11)8-5-3-2-4-6-8/h2-7H,10H2,1H3/t7-/m0/s1. The normalized spacial score (nSPS) is 12.2. The number of benzene rings is 1. The number of rotatable bonds is 2. The van der Waals surface area contributed by atoms with Crippen LogP contribution in [0.25, 0.3) is 0 Å². The second kappa shape index (κ2) is 3.88. The Balaban J connectivity index is 2.66. The summed E-state index contributed by atoms with van der Waals surface area (Å²) in [5, 5.41) is 0. The van der Waals surface area contributed by atoms with Crippen molar-refractivity contribution in [2.75, 3.05) is 0 Å². The summed E-state index contributed by atoms with van der Waals surface area (Å²) in [6, 6.07) is 8.76. The zero-order chi connectivity index (χ0) is 8.97. The Kier molecular flexibility index (Phi) is 2.82. The van der Waals surface area contributed by atoms with Gasteiger partial charge < -0.3 is 4.74 Å². The highest BCUT2D eigenvalue weighted by atomic mass is 16.6. The quantitative estimate of drug-likeness (QED) is 0.528. The number of ether oxygens (including phenoxy) is 1. The highest BCUT2D eigenvalue weighted by molar-refractivity contribution is 5.89. The maximum atomic E-state index is 11.2. The van der Waals surface area contributed by atoms with Crippen LogP contribution < -0.4 is 5.73 Å². The molecule has 0 aliphatic heterocycles. The molecule has 1 rings (SSSR count). The summed E-state index contributed by atoms with van der Waals surface area (Å²) in [7, 11) is 0. The molecule has 3 heteroatoms. The highest BCUT2D eigenvalue weighted by Crippen LogP contribution is 2.01. The van der Waals surface area contributed by atoms with Crippen molar-refractivity contribution in [1.29, 1.82) is 0 Å². The predicted molar refractivity (Wildman–Crippen MR) is 45.5 cm³/mol. The Hall–Kier alpha value is -1.35. The van der Waals surface area contributed by atoms with E-state index in [4.69, 9.17) is 10.5 Å². The number of hydrogen-bond donors (Lipinski definition) is 1. The minimum Gasteiger partial charge on any atom is -0.444 e. The molecule has 0 heterocycles. The third-order valence-corrected chi connectivity index (χ3v) is 1.30. The maximum absolute atomic E-state index is 11.2. The third-order valence-electron chi connectivity index (χ3n) is 1.30. The van der Waals surface area contributed by atoms with Crippen molar-refractivity contribution in [3.8, 4) is 0 Å². The molecule has 0 fully saturated rings. The predicted octanol–water partition coefficient (Wildman–Crippen LogP) is 1.15. The van der Waals surface area contributed by atoms with Gasteiger partial charge in [-0.2, -0.15) is 0 Å². The molecule has 0 aliphatic carbocycles. The van der Waals surface area contributed by atoms with E-state index in [1.807, 2.05) is 6.07 Å². The van der Waals surface area contributed by atoms with Crippen LogP contribution in [0.15, 0.2) is 30.3 Å². The van der Waals surface area contributed by atoms with Crippen LogP contribution >= 0.6 is 0 Å². The molecule has 1 aromatic rings. The Labute approximate surface area is 71.1 Å². The number of hydrogen-bond acceptors (Lipinski definition) is 3. The van der Waals surface area contributed by atoms with Gasteiger partial charge in [-0.05, 0) is 19.1 Å². The topological polar surface area (TPSA) is 52.3 Å². The van der Waals surface area contributed by atoms with E-state index < -0.39 is 6.23 Å². The molecule has 0 unspecified atom stereocenters. The lowest BCUT2D eigenvalue weighted by molar-refractivity contribution is 0.0355. The van der Waals surface area contributed by atoms with Gasteiger partial charge >= 0.3 is 5.97 Å². The molecule has 1 atom stereocenters. The monoisotopic (exact) mass is 165 g/mol. The zero-order valence-electron chi connectivity index (χ0n) is 6.86. The van der Waals surface area contributed by atoms with Gasteiger partial charge in [0.05, 0.1) is 5.56 Å². The van der Waals surface area contributed by atoms with E-state index in [2.05, 4.69) is 0 Å². The van der Waals surface area contributed by atoms with Crippen LogP contribution in [0.5, 0.6) is 0 Å². The van der Waals surface area contributed by atoms with Crippen LogP contribution in [0.3, 0.4) is 0 Å². The van der Waals surface area contributed by atoms with E-state index >= 15 is 0 Å². The van der Waals surface area contributed by atoms with E-state index in [9.17, 15) is 4.79 Å². The molecule has 0 radical (unpaired) electrons. The fraction of sp³-hybridized carbons (Fsp3) is 0.222. The molecule has 0 aliphatic rings. The second-order valence-electron chi connectivity index (χ2n) is 2.48. The van der Waals surface area contributed by atoms with Gasteiger partial charge in [0.25, 0.3) is 0 Å². The van der Waals surface area contributed by atoms with Crippen molar-refractivity contribution in [3.63, 3.8) is 0 Å². The fourth-order valence-corrected chi connectivity index (χ4v) is 0.811. The molecule has 1 aromatic carbocycles. The molecular formula is C9H11NO2. The molecule has 2 N–H and O–H groups in total. The van der Waals surface area contributed by atoms with Crippen molar-refractivity contribution in [2.45, 2.75) is 13.2 Å². The van der Waals surface area contributed by atoms with Crippen LogP contribution in [0.1, 0.15) is 17.3 Å². The first-order chi connectivity index (χ1) is 5.70. The molecule has 0 saturated carbocycles. The summed E-state index contributed by atoms with van der Waals surface area (Å²) in [6.45, 7) is 1.61. The summed E-state index contributed by atoms with van der Waals surface area (Å²) >= 11 is 0. The Morgan fingerprint density at radius 1 is 1.42 bits per heavy atom. The lowest BCUT2D eigenvalue weighted by Crippen LogP contribution is -2.23. The first-order valence-electron chi connectivity index (χ1n) is 3.72. The molecule has 0 aromatic heterocycles. The largest absolute Gasteiger partial charge is 0.444 e. The molecule has 0 spiro atoms. The minimum atomic E-state index is -0.558. The summed E-state index contributed by atoms with van der Waals surface area (Å²) in [5.41, 5.74) is 5.81. The summed E-state index contributed by atoms with van der Waals surface area (Å²) in [5.74, 6) is -0.384. The van der Waals surface area contributed by atoms with Crippen LogP contribution in [0, 0.1) is 0 Å². The summed E-state index contributed by atoms with van der Waals surface area (Å²) in [4.78, 5) is 11.2. The lowest BCUT2D eigenvalue weighted by Gasteiger charge is -2.06. The molecule has 0 saturated heterocycles. The maximum Gasteiger partial charge on any atom is 0.339 e. The smallest absolute Gasteiger partial charge is 0.339 e. The SMILES string of the molecule is C[C@@H](N)OC(=O)c1ccccc1. The average Bonchev–Trinajstić information content (AvgIpc) is 2.05. The first kappa shape index (κ1) is 8.74. The highest BCUT2D eigenvalue weighted by Gasteiger charge is 2.06. The van der Waals surface area contributed by atoms with Gasteiger partial charge in [0.15, 0.2) is 0 Å². The van der Waals surface area contributed by atoms with E-state index in [0.29, 0.717) is 5.56 Å².